The third-order valence-electron chi connectivity index (χ3n) is 4.42. The number of fused-ring (bicyclic) bond motifs is 1. The summed E-state index contributed by atoms with van der Waals surface area (Å²) < 4.78 is 10.6. The highest BCUT2D eigenvalue weighted by atomic mass is 16.7. The molecule has 2 heterocycles. The number of hydrogen-bond donors (Lipinski definition) is 0. The first kappa shape index (κ1) is 14.7. The summed E-state index contributed by atoms with van der Waals surface area (Å²) in [5.74, 6) is 1.37. The minimum Gasteiger partial charge on any atom is -0.454 e. The van der Waals surface area contributed by atoms with Crippen LogP contribution in [0.15, 0.2) is 18.2 Å². The number of likely N-dealkylation sites (tertiary alicyclic amines) is 1. The van der Waals surface area contributed by atoms with Crippen molar-refractivity contribution in [1.29, 1.82) is 0 Å². The predicted octanol–water partition coefficient (Wildman–Crippen LogP) is 1.50. The third kappa shape index (κ3) is 2.73. The number of carbonyl (C=O) groups is 2. The number of hydrogen-bond acceptors (Lipinski definition) is 4. The largest absolute Gasteiger partial charge is 0.454 e. The van der Waals surface area contributed by atoms with Gasteiger partial charge in [0.25, 0.3) is 5.91 Å². The smallest absolute Gasteiger partial charge is 0.253 e. The Morgan fingerprint density at radius 2 is 1.86 bits per heavy atom. The number of benzene rings is 1. The predicted molar refractivity (Wildman–Crippen MR) is 79.9 cm³/mol. The number of rotatable bonds is 2. The van der Waals surface area contributed by atoms with Gasteiger partial charge >= 0.3 is 0 Å². The monoisotopic (exact) mass is 304 g/mol. The number of nitrogens with zero attached hydrogens (tertiary/aromatic N) is 2. The highest BCUT2D eigenvalue weighted by Gasteiger charge is 2.27. The first-order chi connectivity index (χ1) is 10.6. The van der Waals surface area contributed by atoms with Crippen LogP contribution in [0.1, 0.15) is 30.1 Å². The fourth-order valence-electron chi connectivity index (χ4n) is 2.93. The molecule has 0 aromatic heterocycles. The number of piperidine rings is 1. The maximum Gasteiger partial charge on any atom is 0.253 e. The van der Waals surface area contributed by atoms with Gasteiger partial charge in [-0.15, -0.1) is 0 Å². The molecule has 1 aromatic rings. The molecular weight excluding hydrogens is 284 g/mol. The van der Waals surface area contributed by atoms with Crippen LogP contribution in [0, 0.1) is 0 Å². The van der Waals surface area contributed by atoms with Crippen LogP contribution >= 0.6 is 0 Å². The number of ether oxygens (including phenoxy) is 2. The van der Waals surface area contributed by atoms with Crippen LogP contribution in [-0.2, 0) is 4.79 Å². The molecule has 0 bridgehead atoms. The van der Waals surface area contributed by atoms with Crippen molar-refractivity contribution in [3.05, 3.63) is 23.8 Å². The van der Waals surface area contributed by atoms with Gasteiger partial charge in [0.1, 0.15) is 0 Å². The second-order valence-corrected chi connectivity index (χ2v) is 5.72. The normalized spacial score (nSPS) is 17.5. The maximum absolute atomic E-state index is 12.6. The molecule has 0 unspecified atom stereocenters. The fraction of sp³-hybridized carbons (Fsp3) is 0.500. The molecule has 1 saturated heterocycles. The van der Waals surface area contributed by atoms with Crippen molar-refractivity contribution in [2.24, 2.45) is 0 Å². The maximum atomic E-state index is 12.6. The lowest BCUT2D eigenvalue weighted by atomic mass is 10.0. The van der Waals surface area contributed by atoms with Gasteiger partial charge in [-0.05, 0) is 31.0 Å². The molecule has 6 nitrogen and oxygen atoms in total. The molecule has 2 aliphatic rings. The van der Waals surface area contributed by atoms with Gasteiger partial charge in [-0.2, -0.15) is 0 Å². The van der Waals surface area contributed by atoms with Gasteiger partial charge in [0.15, 0.2) is 11.5 Å². The highest BCUT2D eigenvalue weighted by molar-refractivity contribution is 5.95. The van der Waals surface area contributed by atoms with Crippen LogP contribution < -0.4 is 9.47 Å². The van der Waals surface area contributed by atoms with Crippen molar-refractivity contribution in [2.75, 3.05) is 26.9 Å². The summed E-state index contributed by atoms with van der Waals surface area (Å²) in [6, 6.07) is 5.49. The van der Waals surface area contributed by atoms with Crippen molar-refractivity contribution >= 4 is 11.8 Å². The minimum absolute atomic E-state index is 0.00206. The van der Waals surface area contributed by atoms with E-state index >= 15 is 0 Å². The summed E-state index contributed by atoms with van der Waals surface area (Å²) in [4.78, 5) is 27.6. The molecule has 0 aliphatic carbocycles. The van der Waals surface area contributed by atoms with Gasteiger partial charge in [-0.25, -0.2) is 0 Å². The lowest BCUT2D eigenvalue weighted by Gasteiger charge is -2.36. The Balaban J connectivity index is 1.64. The number of amides is 2. The lowest BCUT2D eigenvalue weighted by Crippen LogP contribution is -2.46. The topological polar surface area (TPSA) is 59.1 Å². The second kappa shape index (κ2) is 5.87. The lowest BCUT2D eigenvalue weighted by molar-refractivity contribution is -0.130. The van der Waals surface area contributed by atoms with Gasteiger partial charge < -0.3 is 19.3 Å². The molecule has 0 N–H and O–H groups in total. The van der Waals surface area contributed by atoms with E-state index in [1.54, 1.807) is 30.0 Å². The first-order valence-corrected chi connectivity index (χ1v) is 7.48. The summed E-state index contributed by atoms with van der Waals surface area (Å²) in [5, 5.41) is 0. The minimum atomic E-state index is 0.00206. The Morgan fingerprint density at radius 3 is 2.55 bits per heavy atom. The van der Waals surface area contributed by atoms with E-state index in [-0.39, 0.29) is 24.6 Å². The van der Waals surface area contributed by atoms with Crippen molar-refractivity contribution in [3.8, 4) is 11.5 Å². The van der Waals surface area contributed by atoms with E-state index in [4.69, 9.17) is 9.47 Å². The van der Waals surface area contributed by atoms with E-state index in [0.29, 0.717) is 30.2 Å². The average Bonchev–Trinajstić information content (AvgIpc) is 3.01. The first-order valence-electron chi connectivity index (χ1n) is 7.48. The van der Waals surface area contributed by atoms with Gasteiger partial charge in [0.2, 0.25) is 12.7 Å². The Kier molecular flexibility index (Phi) is 3.92. The summed E-state index contributed by atoms with van der Waals surface area (Å²) in [6.45, 7) is 3.10. The molecule has 3 rings (SSSR count). The molecule has 0 spiro atoms. The second-order valence-electron chi connectivity index (χ2n) is 5.72. The summed E-state index contributed by atoms with van der Waals surface area (Å²) in [6.07, 6.45) is 1.62. The molecule has 1 aromatic carbocycles. The molecule has 0 radical (unpaired) electrons. The Bertz CT molecular complexity index is 594. The van der Waals surface area contributed by atoms with E-state index in [2.05, 4.69) is 0 Å². The fourth-order valence-corrected chi connectivity index (χ4v) is 2.93. The highest BCUT2D eigenvalue weighted by Crippen LogP contribution is 2.33. The molecule has 2 amide bonds. The Hall–Kier alpha value is -2.24. The summed E-state index contributed by atoms with van der Waals surface area (Å²) >= 11 is 0. The van der Waals surface area contributed by atoms with Crippen molar-refractivity contribution < 1.29 is 19.1 Å². The zero-order valence-corrected chi connectivity index (χ0v) is 12.9. The summed E-state index contributed by atoms with van der Waals surface area (Å²) in [7, 11) is 1.82. The zero-order valence-electron chi connectivity index (χ0n) is 12.9. The number of carbonyl (C=O) groups excluding carboxylic acids is 2. The third-order valence-corrected chi connectivity index (χ3v) is 4.42. The van der Waals surface area contributed by atoms with E-state index in [0.717, 1.165) is 12.8 Å². The standard InChI is InChI=1S/C16H20N2O4/c1-11(19)17(2)13-5-7-18(8-6-13)16(20)12-3-4-14-15(9-12)22-10-21-14/h3-4,9,13H,5-8,10H2,1-2H3. The van der Waals surface area contributed by atoms with E-state index in [1.165, 1.54) is 0 Å². The molecule has 0 atom stereocenters. The van der Waals surface area contributed by atoms with Gasteiger partial charge in [0.05, 0.1) is 0 Å². The van der Waals surface area contributed by atoms with Crippen LogP contribution in [0.2, 0.25) is 0 Å². The van der Waals surface area contributed by atoms with Gasteiger partial charge in [0, 0.05) is 38.7 Å². The zero-order chi connectivity index (χ0) is 15.7. The molecule has 0 saturated carbocycles. The summed E-state index contributed by atoms with van der Waals surface area (Å²) in [5.41, 5.74) is 0.614. The Morgan fingerprint density at radius 1 is 1.18 bits per heavy atom. The van der Waals surface area contributed by atoms with Crippen molar-refractivity contribution in [2.45, 2.75) is 25.8 Å². The molecule has 6 heteroatoms. The van der Waals surface area contributed by atoms with E-state index in [9.17, 15) is 9.59 Å². The van der Waals surface area contributed by atoms with Crippen molar-refractivity contribution in [1.82, 2.24) is 9.80 Å². The van der Waals surface area contributed by atoms with Crippen molar-refractivity contribution in [3.63, 3.8) is 0 Å². The van der Waals surface area contributed by atoms with Crippen LogP contribution in [0.25, 0.3) is 0 Å². The van der Waals surface area contributed by atoms with Crippen LogP contribution in [0.4, 0.5) is 0 Å². The van der Waals surface area contributed by atoms with Crippen LogP contribution in [0.5, 0.6) is 11.5 Å². The molecule has 118 valence electrons. The SMILES string of the molecule is CC(=O)N(C)C1CCN(C(=O)c2ccc3c(c2)OCO3)CC1. The van der Waals surface area contributed by atoms with Crippen LogP contribution in [-0.4, -0.2) is 54.6 Å². The van der Waals surface area contributed by atoms with Gasteiger partial charge in [-0.3, -0.25) is 9.59 Å². The molecule has 22 heavy (non-hydrogen) atoms. The van der Waals surface area contributed by atoms with Gasteiger partial charge in [-0.1, -0.05) is 0 Å². The molecule has 1 fully saturated rings. The van der Waals surface area contributed by atoms with E-state index in [1.807, 2.05) is 11.9 Å². The molecular formula is C16H20N2O4. The van der Waals surface area contributed by atoms with Crippen LogP contribution in [0.3, 0.4) is 0 Å². The van der Waals surface area contributed by atoms with E-state index < -0.39 is 0 Å². The average molecular weight is 304 g/mol. The Labute approximate surface area is 129 Å². The quantitative estimate of drug-likeness (QED) is 0.831. The molecule has 2 aliphatic heterocycles.